The van der Waals surface area contributed by atoms with Crippen LogP contribution in [0, 0.1) is 0 Å². The van der Waals surface area contributed by atoms with Crippen LogP contribution in [-0.4, -0.2) is 19.1 Å². The van der Waals surface area contributed by atoms with Crippen molar-refractivity contribution in [3.8, 4) is 0 Å². The van der Waals surface area contributed by atoms with Gasteiger partial charge in [0.1, 0.15) is 0 Å². The number of hydrogen-bond donors (Lipinski definition) is 0. The molecule has 3 nitrogen and oxygen atoms in total. The average Bonchev–Trinajstić information content (AvgIpc) is 1.89. The Labute approximate surface area is 65.9 Å². The highest BCUT2D eigenvalue weighted by atomic mass is 32.1. The van der Waals surface area contributed by atoms with Crippen LogP contribution in [0.2, 0.25) is 0 Å². The summed E-state index contributed by atoms with van der Waals surface area (Å²) >= 11 is 4.34. The molecule has 0 aliphatic rings. The van der Waals surface area contributed by atoms with Crippen LogP contribution in [0.1, 0.15) is 19.8 Å². The van der Waals surface area contributed by atoms with E-state index in [0.29, 0.717) is 26.0 Å². The summed E-state index contributed by atoms with van der Waals surface area (Å²) in [6, 6.07) is 0. The summed E-state index contributed by atoms with van der Waals surface area (Å²) in [5.74, 6) is -0.166. The van der Waals surface area contributed by atoms with Crippen molar-refractivity contribution in [3.63, 3.8) is 0 Å². The first-order valence-electron chi connectivity index (χ1n) is 3.26. The largest absolute Gasteiger partial charge is 0.466 e. The number of carbonyl (C=O) groups is 1. The SMILES string of the molecule is CCOC(=O)CCCN=S. The minimum atomic E-state index is -0.166. The summed E-state index contributed by atoms with van der Waals surface area (Å²) < 4.78 is 8.12. The molecule has 0 spiro atoms. The lowest BCUT2D eigenvalue weighted by molar-refractivity contribution is -0.143. The van der Waals surface area contributed by atoms with Gasteiger partial charge in [0.25, 0.3) is 0 Å². The van der Waals surface area contributed by atoms with Gasteiger partial charge in [-0.2, -0.15) is 0 Å². The summed E-state index contributed by atoms with van der Waals surface area (Å²) in [7, 11) is 0. The van der Waals surface area contributed by atoms with Gasteiger partial charge in [-0.25, -0.2) is 4.36 Å². The number of rotatable bonds is 5. The zero-order valence-electron chi connectivity index (χ0n) is 6.00. The van der Waals surface area contributed by atoms with Crippen LogP contribution in [-0.2, 0) is 22.0 Å². The summed E-state index contributed by atoms with van der Waals surface area (Å²) in [4.78, 5) is 10.6. The molecule has 0 aromatic rings. The quantitative estimate of drug-likeness (QED) is 0.447. The van der Waals surface area contributed by atoms with Crippen LogP contribution in [0.25, 0.3) is 0 Å². The third-order valence-electron chi connectivity index (χ3n) is 0.936. The van der Waals surface area contributed by atoms with Gasteiger partial charge in [0.05, 0.1) is 13.2 Å². The molecular weight excluding hydrogens is 150 g/mol. The second kappa shape index (κ2) is 6.61. The van der Waals surface area contributed by atoms with Gasteiger partial charge in [0, 0.05) is 18.8 Å². The highest BCUT2D eigenvalue weighted by molar-refractivity contribution is 7.47. The summed E-state index contributed by atoms with van der Waals surface area (Å²) in [6.07, 6.45) is 1.12. The molecule has 0 aromatic heterocycles. The lowest BCUT2D eigenvalue weighted by atomic mass is 10.3. The van der Waals surface area contributed by atoms with E-state index in [1.54, 1.807) is 6.92 Å². The third kappa shape index (κ3) is 5.62. The van der Waals surface area contributed by atoms with Crippen LogP contribution in [0.3, 0.4) is 0 Å². The van der Waals surface area contributed by atoms with Gasteiger partial charge in [-0.05, 0) is 13.3 Å². The number of esters is 1. The molecule has 0 heterocycles. The van der Waals surface area contributed by atoms with Crippen molar-refractivity contribution in [1.29, 1.82) is 0 Å². The fraction of sp³-hybridized carbons (Fsp3) is 0.833. The van der Waals surface area contributed by atoms with Gasteiger partial charge in [0.15, 0.2) is 0 Å². The van der Waals surface area contributed by atoms with Gasteiger partial charge in [0.2, 0.25) is 0 Å². The van der Waals surface area contributed by atoms with Crippen LogP contribution in [0.4, 0.5) is 0 Å². The first kappa shape index (κ1) is 9.49. The van der Waals surface area contributed by atoms with Gasteiger partial charge in [-0.15, -0.1) is 0 Å². The fourth-order valence-electron chi connectivity index (χ4n) is 0.521. The fourth-order valence-corrected chi connectivity index (χ4v) is 0.650. The second-order valence-electron chi connectivity index (χ2n) is 1.76. The highest BCUT2D eigenvalue weighted by Crippen LogP contribution is 1.92. The van der Waals surface area contributed by atoms with E-state index in [4.69, 9.17) is 0 Å². The standard InChI is InChI=1S/C6H11NO2S/c1-2-9-6(8)4-3-5-7-10/h2-5H2,1H3. The minimum Gasteiger partial charge on any atom is -0.466 e. The molecule has 0 rings (SSSR count). The highest BCUT2D eigenvalue weighted by Gasteiger charge is 1.98. The Morgan fingerprint density at radius 2 is 2.40 bits per heavy atom. The average molecular weight is 161 g/mol. The van der Waals surface area contributed by atoms with Crippen LogP contribution in [0.15, 0.2) is 4.36 Å². The van der Waals surface area contributed by atoms with Gasteiger partial charge >= 0.3 is 5.97 Å². The molecule has 58 valence electrons. The number of nitrogens with zero attached hydrogens (tertiary/aromatic N) is 1. The maximum Gasteiger partial charge on any atom is 0.305 e. The van der Waals surface area contributed by atoms with E-state index in [2.05, 4.69) is 21.5 Å². The third-order valence-corrected chi connectivity index (χ3v) is 1.12. The van der Waals surface area contributed by atoms with Crippen molar-refractivity contribution in [2.24, 2.45) is 4.36 Å². The molecule has 0 saturated heterocycles. The Bertz CT molecular complexity index is 116. The van der Waals surface area contributed by atoms with Crippen LogP contribution < -0.4 is 0 Å². The van der Waals surface area contributed by atoms with Gasteiger partial charge in [-0.3, -0.25) is 4.79 Å². The molecule has 0 aliphatic carbocycles. The summed E-state index contributed by atoms with van der Waals surface area (Å²) in [5.41, 5.74) is 0. The molecule has 4 heteroatoms. The van der Waals surface area contributed by atoms with E-state index in [1.165, 1.54) is 0 Å². The van der Waals surface area contributed by atoms with Crippen molar-refractivity contribution >= 4 is 18.4 Å². The first-order chi connectivity index (χ1) is 4.81. The van der Waals surface area contributed by atoms with E-state index in [0.717, 1.165) is 0 Å². The number of carbonyl (C=O) groups excluding carboxylic acids is 1. The van der Waals surface area contributed by atoms with E-state index in [1.807, 2.05) is 0 Å². The Kier molecular flexibility index (Phi) is 6.27. The maximum atomic E-state index is 10.6. The van der Waals surface area contributed by atoms with Crippen molar-refractivity contribution in [1.82, 2.24) is 0 Å². The monoisotopic (exact) mass is 161 g/mol. The summed E-state index contributed by atoms with van der Waals surface area (Å²) in [5, 5.41) is 0. The minimum absolute atomic E-state index is 0.166. The molecule has 0 aliphatic heterocycles. The van der Waals surface area contributed by atoms with Crippen molar-refractivity contribution in [3.05, 3.63) is 0 Å². The predicted molar refractivity (Wildman–Crippen MR) is 40.5 cm³/mol. The van der Waals surface area contributed by atoms with Gasteiger partial charge in [-0.1, -0.05) is 0 Å². The zero-order chi connectivity index (χ0) is 7.82. The lowest BCUT2D eigenvalue weighted by Crippen LogP contribution is -2.03. The maximum absolute atomic E-state index is 10.6. The Balaban J connectivity index is 3.13. The second-order valence-corrected chi connectivity index (χ2v) is 2.02. The summed E-state index contributed by atoms with van der Waals surface area (Å²) in [6.45, 7) is 2.80. The smallest absolute Gasteiger partial charge is 0.305 e. The lowest BCUT2D eigenvalue weighted by Gasteiger charge is -1.97. The Morgan fingerprint density at radius 3 is 2.90 bits per heavy atom. The molecule has 0 saturated carbocycles. The number of ether oxygens (including phenoxy) is 1. The Morgan fingerprint density at radius 1 is 1.70 bits per heavy atom. The Hall–Kier alpha value is -0.510. The van der Waals surface area contributed by atoms with Crippen molar-refractivity contribution in [2.45, 2.75) is 19.8 Å². The normalized spacial score (nSPS) is 8.90. The molecule has 0 unspecified atom stereocenters. The molecule has 0 aromatic carbocycles. The van der Waals surface area contributed by atoms with E-state index >= 15 is 0 Å². The predicted octanol–water partition coefficient (Wildman–Crippen LogP) is 1.06. The first-order valence-corrected chi connectivity index (χ1v) is 3.62. The van der Waals surface area contributed by atoms with Gasteiger partial charge < -0.3 is 4.74 Å². The topological polar surface area (TPSA) is 38.7 Å². The molecule has 0 amide bonds. The molecule has 0 fully saturated rings. The van der Waals surface area contributed by atoms with Crippen molar-refractivity contribution < 1.29 is 9.53 Å². The van der Waals surface area contributed by atoms with Crippen LogP contribution >= 0.6 is 0 Å². The molecule has 0 bridgehead atoms. The van der Waals surface area contributed by atoms with Crippen molar-refractivity contribution in [2.75, 3.05) is 13.2 Å². The van der Waals surface area contributed by atoms with Crippen LogP contribution in [0.5, 0.6) is 0 Å². The van der Waals surface area contributed by atoms with E-state index in [9.17, 15) is 4.79 Å². The zero-order valence-corrected chi connectivity index (χ0v) is 6.82. The molecule has 0 N–H and O–H groups in total. The molecule has 0 radical (unpaired) electrons. The van der Waals surface area contributed by atoms with E-state index < -0.39 is 0 Å². The molecule has 0 atom stereocenters. The van der Waals surface area contributed by atoms with E-state index in [-0.39, 0.29) is 5.97 Å². The molecular formula is C6H11NO2S. The number of hydrogen-bond acceptors (Lipinski definition) is 4. The molecule has 10 heavy (non-hydrogen) atoms.